The van der Waals surface area contributed by atoms with E-state index < -0.39 is 31.0 Å². The van der Waals surface area contributed by atoms with Gasteiger partial charge >= 0.3 is 126 Å². The summed E-state index contributed by atoms with van der Waals surface area (Å²) >= 11 is -3.76. The van der Waals surface area contributed by atoms with Crippen LogP contribution in [0, 0.1) is 14.1 Å². The summed E-state index contributed by atoms with van der Waals surface area (Å²) in [7, 11) is -3.68. The Kier molecular flexibility index (Phi) is 4.34. The monoisotopic (exact) mass is 432 g/mol. The van der Waals surface area contributed by atoms with Gasteiger partial charge in [0.15, 0.2) is 0 Å². The zero-order valence-corrected chi connectivity index (χ0v) is 14.1. The van der Waals surface area contributed by atoms with Crippen molar-refractivity contribution in [3.05, 3.63) is 49.4 Å². The van der Waals surface area contributed by atoms with Crippen LogP contribution in [0.2, 0.25) is 0 Å². The van der Waals surface area contributed by atoms with Gasteiger partial charge < -0.3 is 0 Å². The molecule has 0 unspecified atom stereocenters. The Balaban J connectivity index is 2.71. The van der Waals surface area contributed by atoms with Crippen molar-refractivity contribution >= 4 is 25.4 Å². The number of benzene rings is 1. The summed E-state index contributed by atoms with van der Waals surface area (Å²) in [6, 6.07) is 7.57. The van der Waals surface area contributed by atoms with Crippen LogP contribution in [0.1, 0.15) is 5.69 Å². The summed E-state index contributed by atoms with van der Waals surface area (Å²) in [6.07, 6.45) is 1.23. The summed E-state index contributed by atoms with van der Waals surface area (Å²) in [5.41, 5.74) is -4.83. The van der Waals surface area contributed by atoms with Crippen molar-refractivity contribution in [3.63, 3.8) is 0 Å². The summed E-state index contributed by atoms with van der Waals surface area (Å²) in [5, 5.41) is 3.88. The molecule has 116 valence electrons. The van der Waals surface area contributed by atoms with Gasteiger partial charge in [0.25, 0.3) is 0 Å². The van der Waals surface area contributed by atoms with Crippen LogP contribution in [0.15, 0.2) is 36.5 Å². The number of alkyl halides is 3. The van der Waals surface area contributed by atoms with Crippen LogP contribution in [0.5, 0.6) is 0 Å². The van der Waals surface area contributed by atoms with Crippen molar-refractivity contribution in [1.29, 1.82) is 0 Å². The van der Waals surface area contributed by atoms with Gasteiger partial charge in [0.05, 0.1) is 0 Å². The zero-order chi connectivity index (χ0) is 15.8. The Morgan fingerprint density at radius 2 is 1.76 bits per heavy atom. The molecule has 1 heterocycles. The van der Waals surface area contributed by atoms with Crippen LogP contribution >= 0.6 is 18.4 Å². The second-order valence-corrected chi connectivity index (χ2v) is 14.8. The average molecular weight is 432 g/mol. The Hall–Kier alpha value is -1.10. The molecule has 0 amide bonds. The molecule has 0 aliphatic heterocycles. The van der Waals surface area contributed by atoms with E-state index in [1.54, 1.807) is 20.0 Å². The molecule has 4 nitrogen and oxygen atoms in total. The van der Waals surface area contributed by atoms with Crippen LogP contribution in [-0.4, -0.2) is 23.7 Å². The van der Waals surface area contributed by atoms with Gasteiger partial charge in [0, 0.05) is 0 Å². The first-order valence-corrected chi connectivity index (χ1v) is 11.9. The van der Waals surface area contributed by atoms with Crippen molar-refractivity contribution < 1.29 is 21.6 Å². The molecule has 0 aliphatic carbocycles. The maximum absolute atomic E-state index is 13.0. The van der Waals surface area contributed by atoms with E-state index in [-0.39, 0.29) is 7.14 Å². The summed E-state index contributed by atoms with van der Waals surface area (Å²) in [6.45, 7) is 1.57. The van der Waals surface area contributed by atoms with E-state index in [0.29, 0.717) is 5.69 Å². The van der Waals surface area contributed by atoms with Gasteiger partial charge in [-0.25, -0.2) is 0 Å². The third kappa shape index (κ3) is 2.93. The Labute approximate surface area is 125 Å². The topological polar surface area (TPSA) is 52.0 Å². The van der Waals surface area contributed by atoms with E-state index in [1.165, 1.54) is 35.1 Å². The zero-order valence-electron chi connectivity index (χ0n) is 11.1. The fraction of sp³-hybridized carbons (Fsp3) is 0.250. The molecule has 0 fully saturated rings. The van der Waals surface area contributed by atoms with Crippen LogP contribution in [0.3, 0.4) is 0 Å². The molecule has 1 aromatic heterocycles. The van der Waals surface area contributed by atoms with E-state index >= 15 is 0 Å². The molecule has 1 aromatic carbocycles. The second-order valence-electron chi connectivity index (χ2n) is 4.13. The van der Waals surface area contributed by atoms with Crippen LogP contribution < -0.4 is 0 Å². The molecule has 0 bridgehead atoms. The van der Waals surface area contributed by atoms with Crippen molar-refractivity contribution in [1.82, 2.24) is 9.78 Å². The second kappa shape index (κ2) is 5.59. The predicted molar refractivity (Wildman–Crippen MR) is 80.8 cm³/mol. The SMILES string of the molecule is Cc1c(I(c2ccccc2)S(=O)(=O)C(F)(F)F)cnn1C. The Bertz CT molecular complexity index is 742. The first-order valence-electron chi connectivity index (χ1n) is 5.72. The van der Waals surface area contributed by atoms with Crippen LogP contribution in [-0.2, 0) is 14.1 Å². The van der Waals surface area contributed by atoms with Crippen molar-refractivity contribution in [2.75, 3.05) is 0 Å². The molecule has 9 heteroatoms. The number of nitrogens with zero attached hydrogens (tertiary/aromatic N) is 2. The van der Waals surface area contributed by atoms with E-state index in [1.807, 2.05) is 0 Å². The minimum atomic E-state index is -5.27. The van der Waals surface area contributed by atoms with Crippen LogP contribution in [0.4, 0.5) is 13.2 Å². The molecule has 0 saturated carbocycles. The Morgan fingerprint density at radius 1 is 1.19 bits per heavy atom. The molecule has 2 aromatic rings. The standard InChI is InChI=1S/C12H12F3IN2O2S/c1-9-11(8-17-18(9)2)16(10-6-4-3-5-7-10)21(19,20)12(13,14)15/h3-8H,1-2H3. The molecule has 0 N–H and O–H groups in total. The molecule has 2 rings (SSSR count). The normalized spacial score (nSPS) is 13.3. The molecule has 0 spiro atoms. The third-order valence-corrected chi connectivity index (χ3v) is 15.0. The summed E-state index contributed by atoms with van der Waals surface area (Å²) in [5.74, 6) is 0. The first kappa shape index (κ1) is 16.3. The number of hydrogen-bond acceptors (Lipinski definition) is 3. The molecule has 0 atom stereocenters. The quantitative estimate of drug-likeness (QED) is 0.554. The van der Waals surface area contributed by atoms with Crippen molar-refractivity contribution in [3.8, 4) is 0 Å². The minimum absolute atomic E-state index is 0.185. The van der Waals surface area contributed by atoms with E-state index in [0.717, 1.165) is 0 Å². The fourth-order valence-electron chi connectivity index (χ4n) is 1.60. The van der Waals surface area contributed by atoms with E-state index in [2.05, 4.69) is 5.10 Å². The van der Waals surface area contributed by atoms with Gasteiger partial charge in [-0.05, 0) is 0 Å². The van der Waals surface area contributed by atoms with Gasteiger partial charge in [0.1, 0.15) is 0 Å². The number of rotatable bonds is 3. The number of aryl methyl sites for hydroxylation is 1. The first-order chi connectivity index (χ1) is 9.66. The molecule has 21 heavy (non-hydrogen) atoms. The molecular weight excluding hydrogens is 420 g/mol. The van der Waals surface area contributed by atoms with Crippen molar-refractivity contribution in [2.45, 2.75) is 12.4 Å². The van der Waals surface area contributed by atoms with Crippen molar-refractivity contribution in [2.24, 2.45) is 7.05 Å². The molecule has 0 aliphatic rings. The molecule has 0 saturated heterocycles. The number of halogens is 4. The predicted octanol–water partition coefficient (Wildman–Crippen LogP) is 3.12. The van der Waals surface area contributed by atoms with Crippen LogP contribution in [0.25, 0.3) is 0 Å². The summed E-state index contributed by atoms with van der Waals surface area (Å²) in [4.78, 5) is 0. The molecule has 0 radical (unpaired) electrons. The van der Waals surface area contributed by atoms with E-state index in [9.17, 15) is 21.6 Å². The van der Waals surface area contributed by atoms with Gasteiger partial charge in [-0.1, -0.05) is 0 Å². The fourth-order valence-corrected chi connectivity index (χ4v) is 12.5. The van der Waals surface area contributed by atoms with Gasteiger partial charge in [0.2, 0.25) is 0 Å². The van der Waals surface area contributed by atoms with E-state index in [4.69, 9.17) is 0 Å². The average Bonchev–Trinajstić information content (AvgIpc) is 2.71. The maximum atomic E-state index is 13.0. The molecular formula is C12H12F3IN2O2S. The van der Waals surface area contributed by atoms with Gasteiger partial charge in [-0.3, -0.25) is 0 Å². The van der Waals surface area contributed by atoms with Gasteiger partial charge in [-0.15, -0.1) is 0 Å². The number of aromatic nitrogens is 2. The van der Waals surface area contributed by atoms with Gasteiger partial charge in [-0.2, -0.15) is 0 Å². The summed E-state index contributed by atoms with van der Waals surface area (Å²) < 4.78 is 64.9. The third-order valence-electron chi connectivity index (χ3n) is 2.77. The Morgan fingerprint density at radius 3 is 2.19 bits per heavy atom. The number of hydrogen-bond donors (Lipinski definition) is 0.